The van der Waals surface area contributed by atoms with E-state index in [1.165, 1.54) is 16.8 Å². The number of rotatable bonds is 8. The van der Waals surface area contributed by atoms with Gasteiger partial charge in [0.25, 0.3) is 5.91 Å². The molecule has 1 atom stereocenters. The molecule has 162 valence electrons. The molecule has 1 amide bonds. The Balaban J connectivity index is 1.38. The first-order chi connectivity index (χ1) is 15.1. The van der Waals surface area contributed by atoms with Crippen molar-refractivity contribution in [3.63, 3.8) is 0 Å². The topological polar surface area (TPSA) is 55.7 Å². The molecule has 0 bridgehead atoms. The first kappa shape index (κ1) is 21.0. The van der Waals surface area contributed by atoms with Crippen LogP contribution < -0.4 is 14.8 Å². The third kappa shape index (κ3) is 5.09. The summed E-state index contributed by atoms with van der Waals surface area (Å²) in [6, 6.07) is 20.1. The van der Waals surface area contributed by atoms with Crippen LogP contribution in [-0.4, -0.2) is 42.2 Å². The predicted octanol–water partition coefficient (Wildman–Crippen LogP) is 3.33. The minimum absolute atomic E-state index is 0.0188. The summed E-state index contributed by atoms with van der Waals surface area (Å²) in [6.45, 7) is 2.36. The molecule has 2 aromatic carbocycles. The van der Waals surface area contributed by atoms with E-state index in [0.29, 0.717) is 12.3 Å². The lowest BCUT2D eigenvalue weighted by Gasteiger charge is -2.36. The number of carbonyl (C=O) groups is 1. The molecule has 3 aromatic rings. The van der Waals surface area contributed by atoms with Crippen molar-refractivity contribution in [2.45, 2.75) is 19.0 Å². The van der Waals surface area contributed by atoms with Crippen LogP contribution in [0.1, 0.15) is 22.9 Å². The van der Waals surface area contributed by atoms with Gasteiger partial charge >= 0.3 is 0 Å². The fourth-order valence-electron chi connectivity index (χ4n) is 4.11. The lowest BCUT2D eigenvalue weighted by Crippen LogP contribution is -2.42. The predicted molar refractivity (Wildman–Crippen MR) is 120 cm³/mol. The normalized spacial score (nSPS) is 14.5. The van der Waals surface area contributed by atoms with Crippen LogP contribution in [0.3, 0.4) is 0 Å². The second-order valence-electron chi connectivity index (χ2n) is 7.82. The van der Waals surface area contributed by atoms with Crippen molar-refractivity contribution >= 4 is 5.91 Å². The van der Waals surface area contributed by atoms with Gasteiger partial charge in [-0.25, -0.2) is 0 Å². The molecule has 0 radical (unpaired) electrons. The maximum Gasteiger partial charge on any atom is 0.258 e. The third-order valence-electron chi connectivity index (χ3n) is 5.85. The number of aromatic nitrogens is 1. The van der Waals surface area contributed by atoms with Gasteiger partial charge < -0.3 is 19.4 Å². The Morgan fingerprint density at radius 1 is 1.03 bits per heavy atom. The zero-order chi connectivity index (χ0) is 21.6. The van der Waals surface area contributed by atoms with Gasteiger partial charge in [0.2, 0.25) is 0 Å². The lowest BCUT2D eigenvalue weighted by molar-refractivity contribution is -0.123. The second kappa shape index (κ2) is 9.71. The first-order valence-electron chi connectivity index (χ1n) is 10.6. The molecular weight excluding hydrogens is 390 g/mol. The molecule has 0 saturated carbocycles. The van der Waals surface area contributed by atoms with Crippen LogP contribution in [0, 0.1) is 0 Å². The van der Waals surface area contributed by atoms with Crippen molar-refractivity contribution in [3.8, 4) is 11.5 Å². The van der Waals surface area contributed by atoms with Crippen molar-refractivity contribution < 1.29 is 14.3 Å². The Morgan fingerprint density at radius 3 is 2.48 bits per heavy atom. The molecule has 1 aromatic heterocycles. The van der Waals surface area contributed by atoms with Gasteiger partial charge in [0.15, 0.2) is 6.61 Å². The molecule has 0 aliphatic carbocycles. The number of aryl methyl sites for hydroxylation is 1. The standard InChI is InChI=1S/C25H29N3O3/c1-27-14-5-8-23(27)24(28-15-13-19-6-3-4-7-20(19)17-28)16-26-25(29)18-31-22-11-9-21(30-2)10-12-22/h3-12,14,24H,13,15-18H2,1-2H3,(H,26,29)/t24-/m0/s1. The highest BCUT2D eigenvalue weighted by molar-refractivity contribution is 5.77. The Morgan fingerprint density at radius 2 is 1.77 bits per heavy atom. The monoisotopic (exact) mass is 419 g/mol. The van der Waals surface area contributed by atoms with Crippen molar-refractivity contribution in [2.75, 3.05) is 26.8 Å². The molecule has 6 nitrogen and oxygen atoms in total. The number of nitrogens with zero attached hydrogens (tertiary/aromatic N) is 2. The van der Waals surface area contributed by atoms with Gasteiger partial charge in [0, 0.05) is 38.6 Å². The number of ether oxygens (including phenoxy) is 2. The first-order valence-corrected chi connectivity index (χ1v) is 10.6. The number of benzene rings is 2. The van der Waals surface area contributed by atoms with Crippen molar-refractivity contribution in [3.05, 3.63) is 83.7 Å². The van der Waals surface area contributed by atoms with E-state index in [1.807, 2.05) is 12.1 Å². The van der Waals surface area contributed by atoms with Crippen LogP contribution in [0.5, 0.6) is 11.5 Å². The Kier molecular flexibility index (Phi) is 6.57. The molecule has 0 spiro atoms. The second-order valence-corrected chi connectivity index (χ2v) is 7.82. The maximum atomic E-state index is 12.5. The van der Waals surface area contributed by atoms with Gasteiger partial charge in [-0.1, -0.05) is 24.3 Å². The average Bonchev–Trinajstić information content (AvgIpc) is 3.23. The largest absolute Gasteiger partial charge is 0.497 e. The molecular formula is C25H29N3O3. The number of carbonyl (C=O) groups excluding carboxylic acids is 1. The zero-order valence-electron chi connectivity index (χ0n) is 18.1. The van der Waals surface area contributed by atoms with E-state index in [0.717, 1.165) is 25.3 Å². The number of hydrogen-bond acceptors (Lipinski definition) is 4. The molecule has 0 unspecified atom stereocenters. The van der Waals surface area contributed by atoms with Gasteiger partial charge in [-0.2, -0.15) is 0 Å². The molecule has 31 heavy (non-hydrogen) atoms. The maximum absolute atomic E-state index is 12.5. The summed E-state index contributed by atoms with van der Waals surface area (Å²) in [4.78, 5) is 14.9. The molecule has 1 aliphatic rings. The molecule has 2 heterocycles. The van der Waals surface area contributed by atoms with Gasteiger partial charge in [-0.05, 0) is 53.9 Å². The third-order valence-corrected chi connectivity index (χ3v) is 5.85. The van der Waals surface area contributed by atoms with Crippen LogP contribution in [0.15, 0.2) is 66.9 Å². The smallest absolute Gasteiger partial charge is 0.258 e. The van der Waals surface area contributed by atoms with Crippen LogP contribution in [0.2, 0.25) is 0 Å². The van der Waals surface area contributed by atoms with E-state index in [9.17, 15) is 4.79 Å². The van der Waals surface area contributed by atoms with E-state index in [4.69, 9.17) is 9.47 Å². The summed E-state index contributed by atoms with van der Waals surface area (Å²) in [5.74, 6) is 1.26. The van der Waals surface area contributed by atoms with Crippen molar-refractivity contribution in [1.82, 2.24) is 14.8 Å². The van der Waals surface area contributed by atoms with E-state index < -0.39 is 0 Å². The van der Waals surface area contributed by atoms with Crippen LogP contribution >= 0.6 is 0 Å². The summed E-state index contributed by atoms with van der Waals surface area (Å²) < 4.78 is 12.9. The highest BCUT2D eigenvalue weighted by Gasteiger charge is 2.26. The van der Waals surface area contributed by atoms with Crippen molar-refractivity contribution in [2.24, 2.45) is 7.05 Å². The summed E-state index contributed by atoms with van der Waals surface area (Å²) in [5, 5.41) is 3.07. The molecule has 0 fully saturated rings. The highest BCUT2D eigenvalue weighted by Crippen LogP contribution is 2.27. The highest BCUT2D eigenvalue weighted by atomic mass is 16.5. The SMILES string of the molecule is COc1ccc(OCC(=O)NC[C@@H](c2cccn2C)N2CCc3ccccc3C2)cc1. The molecule has 4 rings (SSSR count). The molecule has 0 saturated heterocycles. The summed E-state index contributed by atoms with van der Waals surface area (Å²) in [5.41, 5.74) is 3.97. The number of amides is 1. The number of hydrogen-bond donors (Lipinski definition) is 1. The number of methoxy groups -OCH3 is 1. The fourth-order valence-corrected chi connectivity index (χ4v) is 4.11. The van der Waals surface area contributed by atoms with Gasteiger partial charge in [-0.3, -0.25) is 9.69 Å². The quantitative estimate of drug-likeness (QED) is 0.609. The van der Waals surface area contributed by atoms with E-state index in [1.54, 1.807) is 19.2 Å². The zero-order valence-corrected chi connectivity index (χ0v) is 18.1. The van der Waals surface area contributed by atoms with Gasteiger partial charge in [0.05, 0.1) is 13.2 Å². The number of fused-ring (bicyclic) bond motifs is 1. The number of nitrogens with one attached hydrogen (secondary N) is 1. The van der Waals surface area contributed by atoms with Crippen LogP contribution in [0.25, 0.3) is 0 Å². The van der Waals surface area contributed by atoms with Gasteiger partial charge in [-0.15, -0.1) is 0 Å². The van der Waals surface area contributed by atoms with Gasteiger partial charge in [0.1, 0.15) is 11.5 Å². The summed E-state index contributed by atoms with van der Waals surface area (Å²) in [6.07, 6.45) is 3.07. The van der Waals surface area contributed by atoms with E-state index in [2.05, 4.69) is 64.4 Å². The van der Waals surface area contributed by atoms with E-state index in [-0.39, 0.29) is 18.6 Å². The molecule has 1 N–H and O–H groups in total. The minimum Gasteiger partial charge on any atom is -0.497 e. The minimum atomic E-state index is -0.132. The van der Waals surface area contributed by atoms with Crippen LogP contribution in [-0.2, 0) is 24.8 Å². The van der Waals surface area contributed by atoms with E-state index >= 15 is 0 Å². The Bertz CT molecular complexity index is 1010. The summed E-state index contributed by atoms with van der Waals surface area (Å²) >= 11 is 0. The van der Waals surface area contributed by atoms with Crippen molar-refractivity contribution in [1.29, 1.82) is 0 Å². The summed E-state index contributed by atoms with van der Waals surface area (Å²) in [7, 11) is 3.67. The molecule has 6 heteroatoms. The fraction of sp³-hybridized carbons (Fsp3) is 0.320. The Labute approximate surface area is 183 Å². The average molecular weight is 420 g/mol. The molecule has 1 aliphatic heterocycles. The Hall–Kier alpha value is -3.25. The lowest BCUT2D eigenvalue weighted by atomic mass is 9.98. The van der Waals surface area contributed by atoms with Crippen LogP contribution in [0.4, 0.5) is 0 Å².